The molecule has 1 nitrogen and oxygen atoms in total. The van der Waals surface area contributed by atoms with Gasteiger partial charge in [0.15, 0.2) is 0 Å². The Morgan fingerprint density at radius 2 is 1.76 bits per heavy atom. The van der Waals surface area contributed by atoms with Crippen molar-refractivity contribution < 1.29 is 5.11 Å². The van der Waals surface area contributed by atoms with E-state index in [9.17, 15) is 5.11 Å². The van der Waals surface area contributed by atoms with E-state index in [2.05, 4.69) is 39.0 Å². The summed E-state index contributed by atoms with van der Waals surface area (Å²) in [6.45, 7) is 6.53. The Morgan fingerprint density at radius 3 is 2.35 bits per heavy atom. The van der Waals surface area contributed by atoms with Crippen LogP contribution < -0.4 is 0 Å². The third-order valence-electron chi connectivity index (χ3n) is 4.25. The summed E-state index contributed by atoms with van der Waals surface area (Å²) in [7, 11) is 0. The molecule has 94 valence electrons. The molecule has 0 aliphatic heterocycles. The van der Waals surface area contributed by atoms with Crippen molar-refractivity contribution in [1.82, 2.24) is 0 Å². The molecule has 0 spiro atoms. The number of benzene rings is 1. The lowest BCUT2D eigenvalue weighted by Gasteiger charge is -2.30. The highest BCUT2D eigenvalue weighted by molar-refractivity contribution is 5.32. The molecule has 1 N–H and O–H groups in total. The normalized spacial score (nSPS) is 26.8. The van der Waals surface area contributed by atoms with Gasteiger partial charge < -0.3 is 5.11 Å². The summed E-state index contributed by atoms with van der Waals surface area (Å²) < 4.78 is 0. The lowest BCUT2D eigenvalue weighted by Crippen LogP contribution is -2.19. The van der Waals surface area contributed by atoms with Gasteiger partial charge in [0.05, 0.1) is 6.10 Å². The van der Waals surface area contributed by atoms with Gasteiger partial charge in [0.25, 0.3) is 0 Å². The molecule has 17 heavy (non-hydrogen) atoms. The number of aliphatic hydroxyl groups excluding tert-OH is 1. The van der Waals surface area contributed by atoms with E-state index >= 15 is 0 Å². The van der Waals surface area contributed by atoms with Crippen molar-refractivity contribution in [3.8, 4) is 0 Å². The van der Waals surface area contributed by atoms with Gasteiger partial charge in [-0.2, -0.15) is 0 Å². The van der Waals surface area contributed by atoms with Crippen LogP contribution in [-0.4, -0.2) is 5.11 Å². The van der Waals surface area contributed by atoms with Crippen LogP contribution in [-0.2, 0) is 0 Å². The quantitative estimate of drug-likeness (QED) is 0.811. The summed E-state index contributed by atoms with van der Waals surface area (Å²) in [4.78, 5) is 0. The first-order valence-corrected chi connectivity index (χ1v) is 6.83. The third kappa shape index (κ3) is 2.90. The molecule has 1 fully saturated rings. The molecule has 0 amide bonds. The summed E-state index contributed by atoms with van der Waals surface area (Å²) in [6, 6.07) is 6.38. The summed E-state index contributed by atoms with van der Waals surface area (Å²) in [6.07, 6.45) is 4.63. The van der Waals surface area contributed by atoms with Crippen LogP contribution in [0.2, 0.25) is 0 Å². The fraction of sp³-hybridized carbons (Fsp3) is 0.625. The van der Waals surface area contributed by atoms with E-state index in [1.807, 2.05) is 0 Å². The second-order valence-corrected chi connectivity index (χ2v) is 5.82. The molecule has 0 radical (unpaired) electrons. The van der Waals surface area contributed by atoms with E-state index in [4.69, 9.17) is 0 Å². The van der Waals surface area contributed by atoms with Gasteiger partial charge in [0, 0.05) is 0 Å². The predicted molar refractivity (Wildman–Crippen MR) is 72.0 cm³/mol. The third-order valence-corrected chi connectivity index (χ3v) is 4.25. The zero-order chi connectivity index (χ0) is 12.4. The van der Waals surface area contributed by atoms with Crippen molar-refractivity contribution in [2.45, 2.75) is 52.6 Å². The molecule has 1 aromatic rings. The Balaban J connectivity index is 2.11. The van der Waals surface area contributed by atoms with Gasteiger partial charge in [0.1, 0.15) is 0 Å². The van der Waals surface area contributed by atoms with Crippen LogP contribution >= 0.6 is 0 Å². The minimum Gasteiger partial charge on any atom is -0.388 e. The van der Waals surface area contributed by atoms with Gasteiger partial charge in [-0.3, -0.25) is 0 Å². The van der Waals surface area contributed by atoms with E-state index in [0.717, 1.165) is 11.5 Å². The van der Waals surface area contributed by atoms with Crippen molar-refractivity contribution in [2.75, 3.05) is 0 Å². The smallest absolute Gasteiger partial charge is 0.0820 e. The number of hydrogen-bond donors (Lipinski definition) is 1. The predicted octanol–water partition coefficient (Wildman–Crippen LogP) is 4.16. The Kier molecular flexibility index (Phi) is 3.88. The monoisotopic (exact) mass is 232 g/mol. The summed E-state index contributed by atoms with van der Waals surface area (Å²) in [5.41, 5.74) is 3.64. The summed E-state index contributed by atoms with van der Waals surface area (Å²) in [5, 5.41) is 10.5. The van der Waals surface area contributed by atoms with Gasteiger partial charge in [-0.25, -0.2) is 0 Å². The van der Waals surface area contributed by atoms with Gasteiger partial charge in [-0.15, -0.1) is 0 Å². The molecule has 1 atom stereocenters. The summed E-state index contributed by atoms with van der Waals surface area (Å²) >= 11 is 0. The Labute approximate surface area is 105 Å². The fourth-order valence-electron chi connectivity index (χ4n) is 3.01. The molecule has 1 unspecified atom stereocenters. The maximum atomic E-state index is 10.5. The first-order chi connectivity index (χ1) is 8.08. The lowest BCUT2D eigenvalue weighted by atomic mass is 9.78. The maximum Gasteiger partial charge on any atom is 0.0820 e. The molecule has 1 saturated carbocycles. The van der Waals surface area contributed by atoms with Gasteiger partial charge in [-0.1, -0.05) is 43.5 Å². The van der Waals surface area contributed by atoms with Crippen molar-refractivity contribution in [2.24, 2.45) is 11.8 Å². The molecule has 1 aliphatic carbocycles. The number of aliphatic hydroxyl groups is 1. The molecule has 1 aromatic carbocycles. The van der Waals surface area contributed by atoms with E-state index in [1.165, 1.54) is 36.8 Å². The van der Waals surface area contributed by atoms with Crippen LogP contribution in [0.3, 0.4) is 0 Å². The van der Waals surface area contributed by atoms with Crippen LogP contribution in [0.4, 0.5) is 0 Å². The molecular weight excluding hydrogens is 208 g/mol. The van der Waals surface area contributed by atoms with Crippen LogP contribution in [0.25, 0.3) is 0 Å². The highest BCUT2D eigenvalue weighted by Crippen LogP contribution is 2.37. The number of rotatable bonds is 2. The standard InChI is InChI=1S/C16H24O/c1-11-4-7-14(8-5-11)16(17)15-9-6-12(2)10-13(15)3/h6,9-11,14,16-17H,4-5,7-8H2,1-3H3. The Bertz CT molecular complexity index is 375. The van der Waals surface area contributed by atoms with E-state index in [1.54, 1.807) is 0 Å². The zero-order valence-electron chi connectivity index (χ0n) is 11.2. The molecule has 0 bridgehead atoms. The van der Waals surface area contributed by atoms with Crippen LogP contribution in [0, 0.1) is 25.7 Å². The molecule has 0 saturated heterocycles. The van der Waals surface area contributed by atoms with Crippen molar-refractivity contribution in [3.63, 3.8) is 0 Å². The second kappa shape index (κ2) is 5.22. The largest absolute Gasteiger partial charge is 0.388 e. The Hall–Kier alpha value is -0.820. The average molecular weight is 232 g/mol. The molecule has 0 aromatic heterocycles. The molecule has 2 rings (SSSR count). The SMILES string of the molecule is Cc1ccc(C(O)C2CCC(C)CC2)c(C)c1. The van der Waals surface area contributed by atoms with E-state index in [-0.39, 0.29) is 6.10 Å². The first-order valence-electron chi connectivity index (χ1n) is 6.83. The first kappa shape index (κ1) is 12.6. The Morgan fingerprint density at radius 1 is 1.12 bits per heavy atom. The second-order valence-electron chi connectivity index (χ2n) is 5.82. The highest BCUT2D eigenvalue weighted by Gasteiger charge is 2.26. The number of aryl methyl sites for hydroxylation is 2. The topological polar surface area (TPSA) is 20.2 Å². The van der Waals surface area contributed by atoms with Gasteiger partial charge in [0.2, 0.25) is 0 Å². The highest BCUT2D eigenvalue weighted by atomic mass is 16.3. The maximum absolute atomic E-state index is 10.5. The minimum absolute atomic E-state index is 0.261. The molecule has 1 aliphatic rings. The van der Waals surface area contributed by atoms with Crippen molar-refractivity contribution >= 4 is 0 Å². The molecule has 1 heteroatoms. The zero-order valence-corrected chi connectivity index (χ0v) is 11.2. The van der Waals surface area contributed by atoms with Crippen LogP contribution in [0.15, 0.2) is 18.2 Å². The van der Waals surface area contributed by atoms with E-state index in [0.29, 0.717) is 5.92 Å². The van der Waals surface area contributed by atoms with Gasteiger partial charge >= 0.3 is 0 Å². The van der Waals surface area contributed by atoms with Gasteiger partial charge in [-0.05, 0) is 49.7 Å². The van der Waals surface area contributed by atoms with E-state index < -0.39 is 0 Å². The minimum atomic E-state index is -0.261. The van der Waals surface area contributed by atoms with Crippen LogP contribution in [0.1, 0.15) is 55.4 Å². The molecular formula is C16H24O. The number of hydrogen-bond acceptors (Lipinski definition) is 1. The lowest BCUT2D eigenvalue weighted by molar-refractivity contribution is 0.0751. The van der Waals surface area contributed by atoms with Crippen molar-refractivity contribution in [1.29, 1.82) is 0 Å². The fourth-order valence-corrected chi connectivity index (χ4v) is 3.01. The summed E-state index contributed by atoms with van der Waals surface area (Å²) in [5.74, 6) is 1.31. The average Bonchev–Trinajstić information content (AvgIpc) is 2.29. The van der Waals surface area contributed by atoms with Crippen molar-refractivity contribution in [3.05, 3.63) is 34.9 Å². The van der Waals surface area contributed by atoms with Crippen LogP contribution in [0.5, 0.6) is 0 Å². The molecule has 0 heterocycles.